The summed E-state index contributed by atoms with van der Waals surface area (Å²) in [5.41, 5.74) is -1.94. The Morgan fingerprint density at radius 2 is 1.80 bits per heavy atom. The Kier molecular flexibility index (Phi) is 6.68. The molecule has 1 aromatic carbocycles. The molecule has 1 fully saturated rings. The Bertz CT molecular complexity index is 1320. The number of hydrogen-bond donors (Lipinski definition) is 3. The van der Waals surface area contributed by atoms with Crippen molar-refractivity contribution in [2.75, 3.05) is 5.32 Å². The van der Waals surface area contributed by atoms with Crippen molar-refractivity contribution < 1.29 is 27.6 Å². The van der Waals surface area contributed by atoms with Crippen LogP contribution in [0.15, 0.2) is 42.6 Å². The zero-order chi connectivity index (χ0) is 25.3. The Hall–Kier alpha value is -3.64. The number of amides is 4. The Morgan fingerprint density at radius 1 is 1.06 bits per heavy atom. The van der Waals surface area contributed by atoms with Gasteiger partial charge in [-0.25, -0.2) is 14.5 Å². The van der Waals surface area contributed by atoms with E-state index < -0.39 is 35.4 Å². The smallest absolute Gasteiger partial charge is 0.349 e. The second-order valence-corrected chi connectivity index (χ2v) is 8.32. The molecular formula is C21H15Cl2F3N6O3. The monoisotopic (exact) mass is 526 g/mol. The highest BCUT2D eigenvalue weighted by molar-refractivity contribution is 6.32. The molecule has 0 saturated heterocycles. The second-order valence-electron chi connectivity index (χ2n) is 7.48. The number of anilines is 1. The molecule has 0 bridgehead atoms. The molecule has 14 heteroatoms. The minimum Gasteiger partial charge on any atom is -0.349 e. The van der Waals surface area contributed by atoms with Gasteiger partial charge in [0.15, 0.2) is 11.5 Å². The minimum absolute atomic E-state index is 0.0336. The van der Waals surface area contributed by atoms with Gasteiger partial charge in [-0.2, -0.15) is 18.3 Å². The van der Waals surface area contributed by atoms with E-state index in [2.05, 4.69) is 20.7 Å². The maximum Gasteiger partial charge on any atom is 0.435 e. The first-order chi connectivity index (χ1) is 16.5. The molecule has 9 nitrogen and oxygen atoms in total. The summed E-state index contributed by atoms with van der Waals surface area (Å²) >= 11 is 12.0. The first-order valence-corrected chi connectivity index (χ1v) is 10.8. The molecule has 0 aliphatic heterocycles. The topological polar surface area (TPSA) is 118 Å². The van der Waals surface area contributed by atoms with E-state index in [9.17, 15) is 27.6 Å². The summed E-state index contributed by atoms with van der Waals surface area (Å²) in [4.78, 5) is 41.6. The molecule has 3 N–H and O–H groups in total. The number of pyridine rings is 1. The highest BCUT2D eigenvalue weighted by Gasteiger charge is 2.37. The van der Waals surface area contributed by atoms with Crippen LogP contribution in [-0.2, 0) is 6.18 Å². The summed E-state index contributed by atoms with van der Waals surface area (Å²) in [5.74, 6) is -1.94. The molecule has 4 rings (SSSR count). The van der Waals surface area contributed by atoms with Crippen LogP contribution in [-0.4, -0.2) is 38.7 Å². The van der Waals surface area contributed by atoms with Crippen LogP contribution in [0.25, 0.3) is 5.82 Å². The van der Waals surface area contributed by atoms with Gasteiger partial charge in [-0.1, -0.05) is 23.2 Å². The number of aromatic nitrogens is 3. The van der Waals surface area contributed by atoms with Gasteiger partial charge in [0.05, 0.1) is 16.3 Å². The van der Waals surface area contributed by atoms with Crippen LogP contribution in [0.3, 0.4) is 0 Å². The van der Waals surface area contributed by atoms with Crippen LogP contribution in [0.4, 0.5) is 23.7 Å². The van der Waals surface area contributed by atoms with Crippen molar-refractivity contribution >= 4 is 46.7 Å². The predicted molar refractivity (Wildman–Crippen MR) is 120 cm³/mol. The normalized spacial score (nSPS) is 13.3. The van der Waals surface area contributed by atoms with Crippen LogP contribution in [0.1, 0.15) is 39.4 Å². The summed E-state index contributed by atoms with van der Waals surface area (Å²) in [5, 5.41) is 10.6. The number of halogens is 5. The number of carbonyl (C=O) groups is 3. The number of nitrogens with one attached hydrogen (secondary N) is 3. The van der Waals surface area contributed by atoms with E-state index >= 15 is 0 Å². The van der Waals surface area contributed by atoms with Crippen LogP contribution < -0.4 is 16.0 Å². The number of nitrogens with zero attached hydrogens (tertiary/aromatic N) is 3. The summed E-state index contributed by atoms with van der Waals surface area (Å²) in [7, 11) is 0. The average Bonchev–Trinajstić information content (AvgIpc) is 3.47. The van der Waals surface area contributed by atoms with Crippen molar-refractivity contribution in [3.63, 3.8) is 0 Å². The van der Waals surface area contributed by atoms with Gasteiger partial charge >= 0.3 is 12.2 Å². The molecule has 1 saturated carbocycles. The molecule has 0 radical (unpaired) electrons. The van der Waals surface area contributed by atoms with Crippen LogP contribution in [0, 0.1) is 0 Å². The third kappa shape index (κ3) is 5.72. The molecule has 182 valence electrons. The van der Waals surface area contributed by atoms with Crippen molar-refractivity contribution in [3.8, 4) is 5.82 Å². The van der Waals surface area contributed by atoms with E-state index in [0.717, 1.165) is 12.8 Å². The lowest BCUT2D eigenvalue weighted by molar-refractivity contribution is -0.141. The molecule has 0 atom stereocenters. The van der Waals surface area contributed by atoms with Crippen molar-refractivity contribution in [3.05, 3.63) is 69.6 Å². The lowest BCUT2D eigenvalue weighted by atomic mass is 10.1. The predicted octanol–water partition coefficient (Wildman–Crippen LogP) is 4.45. The van der Waals surface area contributed by atoms with E-state index in [-0.39, 0.29) is 33.2 Å². The molecule has 2 aromatic heterocycles. The van der Waals surface area contributed by atoms with Gasteiger partial charge in [-0.05, 0) is 43.2 Å². The lowest BCUT2D eigenvalue weighted by Gasteiger charge is -2.12. The van der Waals surface area contributed by atoms with Gasteiger partial charge in [0.25, 0.3) is 11.8 Å². The van der Waals surface area contributed by atoms with Gasteiger partial charge in [-0.3, -0.25) is 14.9 Å². The fourth-order valence-electron chi connectivity index (χ4n) is 3.00. The van der Waals surface area contributed by atoms with E-state index in [1.54, 1.807) is 0 Å². The molecule has 3 aromatic rings. The molecular weight excluding hydrogens is 512 g/mol. The summed E-state index contributed by atoms with van der Waals surface area (Å²) in [6.45, 7) is 0. The van der Waals surface area contributed by atoms with E-state index in [0.29, 0.717) is 10.7 Å². The highest BCUT2D eigenvalue weighted by Crippen LogP contribution is 2.30. The van der Waals surface area contributed by atoms with Crippen molar-refractivity contribution in [1.29, 1.82) is 0 Å². The SMILES string of the molecule is O=C(NC(=O)c1cc(C(F)(F)F)nn1-c1ncccc1Cl)Nc1ccc(Cl)cc1C(=O)NC1CC1. The fourth-order valence-corrected chi connectivity index (χ4v) is 3.37. The maximum atomic E-state index is 13.3. The van der Waals surface area contributed by atoms with E-state index in [4.69, 9.17) is 23.2 Å². The molecule has 0 spiro atoms. The third-order valence-corrected chi connectivity index (χ3v) is 5.32. The number of benzene rings is 1. The standard InChI is InChI=1S/C21H15Cl2F3N6O3/c22-10-3-6-14(12(8-10)18(33)28-11-4-5-11)29-20(35)30-19(34)15-9-16(21(24,25)26)31-32(15)17-13(23)2-1-7-27-17/h1-3,6-9,11H,4-5H2,(H,28,33)(H2,29,30,34,35). The molecule has 35 heavy (non-hydrogen) atoms. The minimum atomic E-state index is -4.88. The van der Waals surface area contributed by atoms with Gasteiger partial charge in [-0.15, -0.1) is 0 Å². The summed E-state index contributed by atoms with van der Waals surface area (Å²) < 4.78 is 40.4. The molecule has 4 amide bonds. The number of hydrogen-bond acceptors (Lipinski definition) is 5. The summed E-state index contributed by atoms with van der Waals surface area (Å²) in [6.07, 6.45) is -1.97. The van der Waals surface area contributed by atoms with Crippen molar-refractivity contribution in [1.82, 2.24) is 25.4 Å². The van der Waals surface area contributed by atoms with Crippen LogP contribution in [0.5, 0.6) is 0 Å². The zero-order valence-electron chi connectivity index (χ0n) is 17.5. The number of urea groups is 1. The van der Waals surface area contributed by atoms with E-state index in [1.807, 2.05) is 5.32 Å². The maximum absolute atomic E-state index is 13.3. The Morgan fingerprint density at radius 3 is 2.46 bits per heavy atom. The quantitative estimate of drug-likeness (QED) is 0.454. The number of carbonyl (C=O) groups excluding carboxylic acids is 3. The van der Waals surface area contributed by atoms with Crippen LogP contribution in [0.2, 0.25) is 10.0 Å². The second kappa shape index (κ2) is 9.55. The van der Waals surface area contributed by atoms with Crippen molar-refractivity contribution in [2.24, 2.45) is 0 Å². The lowest BCUT2D eigenvalue weighted by Crippen LogP contribution is -2.36. The summed E-state index contributed by atoms with van der Waals surface area (Å²) in [6, 6.07) is 6.29. The van der Waals surface area contributed by atoms with E-state index in [1.165, 1.54) is 36.5 Å². The number of alkyl halides is 3. The molecule has 0 unspecified atom stereocenters. The van der Waals surface area contributed by atoms with Gasteiger partial charge in [0, 0.05) is 23.3 Å². The van der Waals surface area contributed by atoms with Crippen molar-refractivity contribution in [2.45, 2.75) is 25.1 Å². The first kappa shape index (κ1) is 24.5. The highest BCUT2D eigenvalue weighted by atomic mass is 35.5. The fraction of sp³-hybridized carbons (Fsp3) is 0.190. The number of imide groups is 1. The number of rotatable bonds is 5. The molecule has 1 aliphatic carbocycles. The average molecular weight is 527 g/mol. The Labute approximate surface area is 205 Å². The largest absolute Gasteiger partial charge is 0.435 e. The molecule has 2 heterocycles. The van der Waals surface area contributed by atoms with Gasteiger partial charge in [0.1, 0.15) is 5.69 Å². The van der Waals surface area contributed by atoms with Crippen LogP contribution >= 0.6 is 23.2 Å². The Balaban J connectivity index is 1.58. The third-order valence-electron chi connectivity index (χ3n) is 4.79. The van der Waals surface area contributed by atoms with Gasteiger partial charge < -0.3 is 10.6 Å². The molecule has 1 aliphatic rings. The van der Waals surface area contributed by atoms with Gasteiger partial charge in [0.2, 0.25) is 0 Å². The first-order valence-electron chi connectivity index (χ1n) is 10.0. The zero-order valence-corrected chi connectivity index (χ0v) is 19.0.